The van der Waals surface area contributed by atoms with Crippen molar-refractivity contribution in [3.05, 3.63) is 30.2 Å². The molecule has 0 saturated carbocycles. The first-order chi connectivity index (χ1) is 13.3. The van der Waals surface area contributed by atoms with E-state index in [4.69, 9.17) is 0 Å². The summed E-state index contributed by atoms with van der Waals surface area (Å²) >= 11 is 0. The normalized spacial score (nSPS) is 19.5. The molecule has 4 heterocycles. The monoisotopic (exact) mass is 384 g/mol. The molecule has 0 radical (unpaired) electrons. The highest BCUT2D eigenvalue weighted by atomic mass is 16.2. The Morgan fingerprint density at radius 2 is 1.96 bits per heavy atom. The van der Waals surface area contributed by atoms with Gasteiger partial charge in [0.25, 0.3) is 11.8 Å². The van der Waals surface area contributed by atoms with Crippen molar-refractivity contribution in [3.63, 3.8) is 0 Å². The van der Waals surface area contributed by atoms with Gasteiger partial charge < -0.3 is 9.80 Å². The molecule has 0 N–H and O–H groups in total. The molecule has 9 heteroatoms. The van der Waals surface area contributed by atoms with Crippen LogP contribution in [0.1, 0.15) is 37.0 Å². The molecule has 2 saturated heterocycles. The van der Waals surface area contributed by atoms with E-state index in [1.165, 1.54) is 18.1 Å². The summed E-state index contributed by atoms with van der Waals surface area (Å²) < 4.78 is 1.57. The highest BCUT2D eigenvalue weighted by Gasteiger charge is 2.57. The first-order valence-corrected chi connectivity index (χ1v) is 9.52. The van der Waals surface area contributed by atoms with Gasteiger partial charge in [-0.1, -0.05) is 13.8 Å². The highest BCUT2D eigenvalue weighted by molar-refractivity contribution is 6.07. The van der Waals surface area contributed by atoms with E-state index in [0.29, 0.717) is 43.7 Å². The second-order valence-corrected chi connectivity index (χ2v) is 7.92. The third-order valence-corrected chi connectivity index (χ3v) is 5.67. The van der Waals surface area contributed by atoms with E-state index in [1.807, 2.05) is 13.8 Å². The van der Waals surface area contributed by atoms with Gasteiger partial charge in [0.05, 0.1) is 6.20 Å². The highest BCUT2D eigenvalue weighted by Crippen LogP contribution is 2.37. The number of fused-ring (bicyclic) bond motifs is 1. The molecule has 2 aromatic rings. The predicted octanol–water partition coefficient (Wildman–Crippen LogP) is 1.25. The molecule has 0 aliphatic carbocycles. The van der Waals surface area contributed by atoms with Crippen molar-refractivity contribution in [1.29, 1.82) is 0 Å². The molecule has 0 atom stereocenters. The number of likely N-dealkylation sites (tertiary alicyclic amines) is 1. The average Bonchev–Trinajstić information content (AvgIpc) is 3.19. The molecular weight excluding hydrogens is 360 g/mol. The van der Waals surface area contributed by atoms with E-state index in [1.54, 1.807) is 32.8 Å². The fourth-order valence-electron chi connectivity index (χ4n) is 4.21. The quantitative estimate of drug-likeness (QED) is 0.743. The maximum absolute atomic E-state index is 13.0. The van der Waals surface area contributed by atoms with E-state index >= 15 is 0 Å². The maximum atomic E-state index is 13.0. The lowest BCUT2D eigenvalue weighted by molar-refractivity contribution is -0.134. The first-order valence-electron chi connectivity index (χ1n) is 9.52. The molecule has 28 heavy (non-hydrogen) atoms. The zero-order valence-corrected chi connectivity index (χ0v) is 16.3. The smallest absolute Gasteiger partial charge is 0.327 e. The molecule has 4 amide bonds. The summed E-state index contributed by atoms with van der Waals surface area (Å²) in [6.45, 7) is 5.40. The van der Waals surface area contributed by atoms with Gasteiger partial charge in [-0.15, -0.1) is 0 Å². The van der Waals surface area contributed by atoms with Crippen LogP contribution in [0.3, 0.4) is 0 Å². The lowest BCUT2D eigenvalue weighted by Crippen LogP contribution is -2.58. The molecule has 1 spiro atoms. The van der Waals surface area contributed by atoms with Crippen LogP contribution in [0.2, 0.25) is 0 Å². The van der Waals surface area contributed by atoms with Crippen LogP contribution < -0.4 is 0 Å². The molecule has 2 aromatic heterocycles. The van der Waals surface area contributed by atoms with E-state index in [9.17, 15) is 14.4 Å². The van der Waals surface area contributed by atoms with E-state index in [0.717, 1.165) is 0 Å². The number of imide groups is 1. The van der Waals surface area contributed by atoms with Gasteiger partial charge in [0.15, 0.2) is 5.65 Å². The SMILES string of the molecule is CC(C)CN1C(=O)N(C)C(=O)C12CCN(C(=O)c1cnn3cccnc13)CC2. The summed E-state index contributed by atoms with van der Waals surface area (Å²) in [5.41, 5.74) is 0.120. The Balaban J connectivity index is 1.55. The number of urea groups is 1. The number of hydrogen-bond donors (Lipinski definition) is 0. The van der Waals surface area contributed by atoms with Crippen molar-refractivity contribution in [2.75, 3.05) is 26.7 Å². The Morgan fingerprint density at radius 1 is 1.25 bits per heavy atom. The molecular formula is C19H24N6O3. The van der Waals surface area contributed by atoms with Crippen molar-refractivity contribution in [2.45, 2.75) is 32.2 Å². The van der Waals surface area contributed by atoms with Gasteiger partial charge >= 0.3 is 6.03 Å². The van der Waals surface area contributed by atoms with Crippen LogP contribution in [0.4, 0.5) is 4.79 Å². The van der Waals surface area contributed by atoms with Crippen molar-refractivity contribution in [1.82, 2.24) is 29.3 Å². The van der Waals surface area contributed by atoms with Gasteiger partial charge in [-0.2, -0.15) is 5.10 Å². The number of rotatable bonds is 3. The van der Waals surface area contributed by atoms with Crippen molar-refractivity contribution >= 4 is 23.5 Å². The number of likely N-dealkylation sites (N-methyl/N-ethyl adjacent to an activating group) is 1. The van der Waals surface area contributed by atoms with Crippen LogP contribution in [0.5, 0.6) is 0 Å². The van der Waals surface area contributed by atoms with Crippen LogP contribution in [-0.4, -0.2) is 79.4 Å². The van der Waals surface area contributed by atoms with Crippen LogP contribution in [0.25, 0.3) is 5.65 Å². The first kappa shape index (κ1) is 18.4. The summed E-state index contributed by atoms with van der Waals surface area (Å²) in [4.78, 5) is 47.4. The number of carbonyl (C=O) groups is 3. The molecule has 9 nitrogen and oxygen atoms in total. The fourth-order valence-corrected chi connectivity index (χ4v) is 4.21. The van der Waals surface area contributed by atoms with Gasteiger partial charge in [-0.05, 0) is 24.8 Å². The zero-order chi connectivity index (χ0) is 20.1. The minimum atomic E-state index is -0.841. The van der Waals surface area contributed by atoms with Gasteiger partial charge in [-0.25, -0.2) is 14.3 Å². The fraction of sp³-hybridized carbons (Fsp3) is 0.526. The number of hydrogen-bond acceptors (Lipinski definition) is 5. The molecule has 148 valence electrons. The molecule has 2 aliphatic heterocycles. The molecule has 2 fully saturated rings. The minimum absolute atomic E-state index is 0.149. The van der Waals surface area contributed by atoms with Crippen LogP contribution in [-0.2, 0) is 4.79 Å². The van der Waals surface area contributed by atoms with Gasteiger partial charge in [0.1, 0.15) is 11.1 Å². The van der Waals surface area contributed by atoms with E-state index < -0.39 is 5.54 Å². The Bertz CT molecular complexity index is 944. The van der Waals surface area contributed by atoms with Gasteiger partial charge in [-0.3, -0.25) is 14.5 Å². The minimum Gasteiger partial charge on any atom is -0.338 e. The average molecular weight is 384 g/mol. The van der Waals surface area contributed by atoms with E-state index in [-0.39, 0.29) is 23.8 Å². The number of carbonyl (C=O) groups excluding carboxylic acids is 3. The predicted molar refractivity (Wildman–Crippen MR) is 101 cm³/mol. The molecule has 2 aliphatic rings. The summed E-state index contributed by atoms with van der Waals surface area (Å²) in [5, 5.41) is 4.18. The van der Waals surface area contributed by atoms with Gasteiger partial charge in [0, 0.05) is 39.1 Å². The third kappa shape index (κ3) is 2.64. The van der Waals surface area contributed by atoms with Crippen LogP contribution in [0, 0.1) is 5.92 Å². The Hall–Kier alpha value is -2.97. The topological polar surface area (TPSA) is 91.1 Å². The Morgan fingerprint density at radius 3 is 2.64 bits per heavy atom. The molecule has 0 aromatic carbocycles. The molecule has 4 rings (SSSR count). The van der Waals surface area contributed by atoms with Crippen LogP contribution >= 0.6 is 0 Å². The Kier molecular flexibility index (Phi) is 4.32. The summed E-state index contributed by atoms with van der Waals surface area (Å²) in [7, 11) is 1.54. The lowest BCUT2D eigenvalue weighted by atomic mass is 9.85. The van der Waals surface area contributed by atoms with E-state index in [2.05, 4.69) is 10.1 Å². The third-order valence-electron chi connectivity index (χ3n) is 5.67. The standard InChI is InChI=1S/C19H24N6O3/c1-13(2)12-24-18(28)22(3)17(27)19(24)5-9-23(10-6-19)16(26)14-11-21-25-8-4-7-20-15(14)25/h4,7-8,11,13H,5-6,9-10,12H2,1-3H3. The number of amides is 4. The van der Waals surface area contributed by atoms with Crippen molar-refractivity contribution < 1.29 is 14.4 Å². The number of piperidine rings is 1. The number of aromatic nitrogens is 3. The summed E-state index contributed by atoms with van der Waals surface area (Å²) in [5.74, 6) is -0.0587. The molecule has 0 bridgehead atoms. The second kappa shape index (κ2) is 6.57. The van der Waals surface area contributed by atoms with Gasteiger partial charge in [0.2, 0.25) is 0 Å². The lowest BCUT2D eigenvalue weighted by Gasteiger charge is -2.42. The second-order valence-electron chi connectivity index (χ2n) is 7.92. The molecule has 0 unspecified atom stereocenters. The summed E-state index contributed by atoms with van der Waals surface area (Å²) in [6, 6.07) is 1.51. The Labute approximate surface area is 162 Å². The van der Waals surface area contributed by atoms with Crippen molar-refractivity contribution in [3.8, 4) is 0 Å². The summed E-state index contributed by atoms with van der Waals surface area (Å²) in [6.07, 6.45) is 5.77. The maximum Gasteiger partial charge on any atom is 0.327 e. The number of nitrogens with zero attached hydrogens (tertiary/aromatic N) is 6. The van der Waals surface area contributed by atoms with Crippen molar-refractivity contribution in [2.24, 2.45) is 5.92 Å². The largest absolute Gasteiger partial charge is 0.338 e. The zero-order valence-electron chi connectivity index (χ0n) is 16.3. The van der Waals surface area contributed by atoms with Crippen LogP contribution in [0.15, 0.2) is 24.7 Å².